The van der Waals surface area contributed by atoms with Gasteiger partial charge in [-0.05, 0) is 68.0 Å². The van der Waals surface area contributed by atoms with Crippen molar-refractivity contribution in [1.82, 2.24) is 0 Å². The first-order valence-electron chi connectivity index (χ1n) is 5.32. The summed E-state index contributed by atoms with van der Waals surface area (Å²) < 4.78 is 2.23. The largest absolute Gasteiger partial charge is 0.324 e. The van der Waals surface area contributed by atoms with Gasteiger partial charge in [0.25, 0.3) is 0 Å². The second-order valence-corrected chi connectivity index (χ2v) is 7.77. The van der Waals surface area contributed by atoms with Crippen molar-refractivity contribution < 1.29 is 0 Å². The van der Waals surface area contributed by atoms with Gasteiger partial charge in [0.05, 0.1) is 7.57 Å². The molecule has 0 radical (unpaired) electrons. The van der Waals surface area contributed by atoms with Gasteiger partial charge in [0, 0.05) is 6.04 Å². The maximum Gasteiger partial charge on any atom is 0.0758 e. The molecule has 1 unspecified atom stereocenters. The van der Waals surface area contributed by atoms with Gasteiger partial charge in [-0.25, -0.2) is 0 Å². The number of rotatable bonds is 3. The van der Waals surface area contributed by atoms with Crippen LogP contribution in [-0.4, -0.2) is 0 Å². The average molecular weight is 375 g/mol. The standard InChI is InChI=1S/C13H13Br2NS/c1-8-4-2-3-5-9(8)6-11(16)10-7-12(14)17-13(10)15/h2-5,7,11H,6,16H2,1H3. The molecule has 90 valence electrons. The molecule has 0 fully saturated rings. The number of thiophene rings is 1. The van der Waals surface area contributed by atoms with Crippen LogP contribution in [0.2, 0.25) is 0 Å². The van der Waals surface area contributed by atoms with E-state index in [1.165, 1.54) is 16.7 Å². The predicted octanol–water partition coefficient (Wildman–Crippen LogP) is 4.82. The summed E-state index contributed by atoms with van der Waals surface area (Å²) in [6, 6.07) is 10.5. The highest BCUT2D eigenvalue weighted by molar-refractivity contribution is 9.12. The van der Waals surface area contributed by atoms with Gasteiger partial charge in [0.2, 0.25) is 0 Å². The summed E-state index contributed by atoms with van der Waals surface area (Å²) >= 11 is 8.71. The van der Waals surface area contributed by atoms with Gasteiger partial charge in [-0.2, -0.15) is 0 Å². The van der Waals surface area contributed by atoms with E-state index < -0.39 is 0 Å². The van der Waals surface area contributed by atoms with E-state index in [9.17, 15) is 0 Å². The first kappa shape index (κ1) is 13.3. The van der Waals surface area contributed by atoms with Crippen molar-refractivity contribution in [3.8, 4) is 0 Å². The van der Waals surface area contributed by atoms with Crippen molar-refractivity contribution in [3.05, 3.63) is 54.6 Å². The Balaban J connectivity index is 2.20. The molecule has 17 heavy (non-hydrogen) atoms. The molecular formula is C13H13Br2NS. The van der Waals surface area contributed by atoms with E-state index in [-0.39, 0.29) is 6.04 Å². The molecule has 1 atom stereocenters. The highest BCUT2D eigenvalue weighted by Crippen LogP contribution is 2.35. The summed E-state index contributed by atoms with van der Waals surface area (Å²) in [5.41, 5.74) is 10.1. The van der Waals surface area contributed by atoms with Crippen molar-refractivity contribution in [2.24, 2.45) is 5.73 Å². The molecule has 2 N–H and O–H groups in total. The molecule has 1 aromatic carbocycles. The first-order valence-corrected chi connectivity index (χ1v) is 7.73. The Bertz CT molecular complexity index is 522. The summed E-state index contributed by atoms with van der Waals surface area (Å²) in [5.74, 6) is 0. The molecule has 1 nitrogen and oxygen atoms in total. The van der Waals surface area contributed by atoms with Crippen molar-refractivity contribution in [2.45, 2.75) is 19.4 Å². The molecule has 2 aromatic rings. The second kappa shape index (κ2) is 5.65. The average Bonchev–Trinajstić information content (AvgIpc) is 2.61. The van der Waals surface area contributed by atoms with Gasteiger partial charge in [-0.15, -0.1) is 11.3 Å². The van der Waals surface area contributed by atoms with Crippen LogP contribution >= 0.6 is 43.2 Å². The van der Waals surface area contributed by atoms with Crippen LogP contribution in [0.4, 0.5) is 0 Å². The molecule has 0 aliphatic heterocycles. The lowest BCUT2D eigenvalue weighted by molar-refractivity contribution is 0.719. The zero-order chi connectivity index (χ0) is 12.4. The van der Waals surface area contributed by atoms with E-state index in [0.717, 1.165) is 14.0 Å². The number of nitrogens with two attached hydrogens (primary N) is 1. The topological polar surface area (TPSA) is 26.0 Å². The molecule has 0 saturated carbocycles. The van der Waals surface area contributed by atoms with Crippen LogP contribution in [0.1, 0.15) is 22.7 Å². The third-order valence-corrected chi connectivity index (χ3v) is 5.17. The van der Waals surface area contributed by atoms with Gasteiger partial charge in [-0.1, -0.05) is 24.3 Å². The lowest BCUT2D eigenvalue weighted by Gasteiger charge is -2.12. The number of halogens is 2. The number of hydrogen-bond donors (Lipinski definition) is 1. The van der Waals surface area contributed by atoms with Crippen LogP contribution in [0.15, 0.2) is 37.9 Å². The normalized spacial score (nSPS) is 12.7. The zero-order valence-corrected chi connectivity index (χ0v) is 13.4. The molecule has 0 spiro atoms. The van der Waals surface area contributed by atoms with Gasteiger partial charge >= 0.3 is 0 Å². The van der Waals surface area contributed by atoms with Crippen LogP contribution in [-0.2, 0) is 6.42 Å². The lowest BCUT2D eigenvalue weighted by atomic mass is 9.98. The van der Waals surface area contributed by atoms with E-state index in [0.29, 0.717) is 0 Å². The smallest absolute Gasteiger partial charge is 0.0758 e. The van der Waals surface area contributed by atoms with Crippen LogP contribution in [0.25, 0.3) is 0 Å². The Kier molecular flexibility index (Phi) is 4.42. The predicted molar refractivity (Wildman–Crippen MR) is 81.5 cm³/mol. The Hall–Kier alpha value is -0.160. The molecule has 0 amide bonds. The van der Waals surface area contributed by atoms with Crippen molar-refractivity contribution >= 4 is 43.2 Å². The molecule has 4 heteroatoms. The number of hydrogen-bond acceptors (Lipinski definition) is 2. The van der Waals surface area contributed by atoms with Crippen molar-refractivity contribution in [2.75, 3.05) is 0 Å². The summed E-state index contributed by atoms with van der Waals surface area (Å²) in [5, 5.41) is 0. The molecule has 0 saturated heterocycles. The van der Waals surface area contributed by atoms with Crippen molar-refractivity contribution in [1.29, 1.82) is 0 Å². The fraction of sp³-hybridized carbons (Fsp3) is 0.231. The fourth-order valence-corrected chi connectivity index (χ4v) is 4.79. The minimum Gasteiger partial charge on any atom is -0.324 e. The summed E-state index contributed by atoms with van der Waals surface area (Å²) in [6.45, 7) is 2.13. The Morgan fingerprint density at radius 2 is 2.00 bits per heavy atom. The minimum absolute atomic E-state index is 0.0352. The third kappa shape index (κ3) is 3.19. The molecule has 0 aliphatic carbocycles. The summed E-state index contributed by atoms with van der Waals surface area (Å²) in [7, 11) is 0. The van der Waals surface area contributed by atoms with Gasteiger partial charge in [-0.3, -0.25) is 0 Å². The van der Waals surface area contributed by atoms with Crippen LogP contribution < -0.4 is 5.73 Å². The van der Waals surface area contributed by atoms with Gasteiger partial charge in [0.1, 0.15) is 0 Å². The Morgan fingerprint density at radius 3 is 2.59 bits per heavy atom. The van der Waals surface area contributed by atoms with Gasteiger partial charge < -0.3 is 5.73 Å². The molecule has 2 rings (SSSR count). The number of benzene rings is 1. The van der Waals surface area contributed by atoms with Crippen molar-refractivity contribution in [3.63, 3.8) is 0 Å². The minimum atomic E-state index is 0.0352. The highest BCUT2D eigenvalue weighted by Gasteiger charge is 2.14. The number of aryl methyl sites for hydroxylation is 1. The van der Waals surface area contributed by atoms with E-state index in [2.05, 4.69) is 69.1 Å². The van der Waals surface area contributed by atoms with E-state index >= 15 is 0 Å². The Morgan fingerprint density at radius 1 is 1.29 bits per heavy atom. The lowest BCUT2D eigenvalue weighted by Crippen LogP contribution is -2.13. The molecular weight excluding hydrogens is 362 g/mol. The van der Waals surface area contributed by atoms with E-state index in [1.54, 1.807) is 11.3 Å². The van der Waals surface area contributed by atoms with Crippen LogP contribution in [0.5, 0.6) is 0 Å². The fourth-order valence-electron chi connectivity index (χ4n) is 1.79. The molecule has 0 bridgehead atoms. The molecule has 1 heterocycles. The van der Waals surface area contributed by atoms with Crippen LogP contribution in [0.3, 0.4) is 0 Å². The summed E-state index contributed by atoms with van der Waals surface area (Å²) in [4.78, 5) is 0. The highest BCUT2D eigenvalue weighted by atomic mass is 79.9. The van der Waals surface area contributed by atoms with E-state index in [4.69, 9.17) is 5.73 Å². The zero-order valence-electron chi connectivity index (χ0n) is 9.41. The third-order valence-electron chi connectivity index (χ3n) is 2.78. The maximum absolute atomic E-state index is 6.27. The monoisotopic (exact) mass is 373 g/mol. The van der Waals surface area contributed by atoms with E-state index in [1.807, 2.05) is 0 Å². The summed E-state index contributed by atoms with van der Waals surface area (Å²) in [6.07, 6.45) is 0.869. The second-order valence-electron chi connectivity index (χ2n) is 4.02. The SMILES string of the molecule is Cc1ccccc1CC(N)c1cc(Br)sc1Br. The molecule has 1 aromatic heterocycles. The quantitative estimate of drug-likeness (QED) is 0.818. The van der Waals surface area contributed by atoms with Crippen LogP contribution in [0, 0.1) is 6.92 Å². The first-order chi connectivity index (χ1) is 8.08. The van der Waals surface area contributed by atoms with Gasteiger partial charge in [0.15, 0.2) is 0 Å². The Labute approximate surface area is 122 Å². The molecule has 0 aliphatic rings. The maximum atomic E-state index is 6.27.